The number of fused-ring (bicyclic) bond motifs is 2. The molecule has 54 heavy (non-hydrogen) atoms. The summed E-state index contributed by atoms with van der Waals surface area (Å²) in [5.74, 6) is 0. The van der Waals surface area contributed by atoms with Gasteiger partial charge in [0.25, 0.3) is 0 Å². The van der Waals surface area contributed by atoms with Crippen molar-refractivity contribution in [1.82, 2.24) is 0 Å². The van der Waals surface area contributed by atoms with Crippen molar-refractivity contribution in [3.05, 3.63) is 194 Å². The number of hydrogen-bond acceptors (Lipinski definition) is 5. The van der Waals surface area contributed by atoms with E-state index in [-0.39, 0.29) is 4.90 Å². The van der Waals surface area contributed by atoms with Crippen LogP contribution in [-0.2, 0) is 23.2 Å². The fourth-order valence-electron chi connectivity index (χ4n) is 6.74. The Labute approximate surface area is 318 Å². The second kappa shape index (κ2) is 16.7. The summed E-state index contributed by atoms with van der Waals surface area (Å²) in [6.07, 6.45) is 11.0. The number of anilines is 5. The van der Waals surface area contributed by atoms with Crippen molar-refractivity contribution in [3.63, 3.8) is 0 Å². The predicted octanol–water partition coefficient (Wildman–Crippen LogP) is 9.28. The Morgan fingerprint density at radius 3 is 1.56 bits per heavy atom. The number of aryl methyl sites for hydroxylation is 2. The normalized spacial score (nSPS) is 12.0. The molecular formula is C46H43N4O3S+. The van der Waals surface area contributed by atoms with Gasteiger partial charge in [0.1, 0.15) is 16.7 Å². The molecule has 0 bridgehead atoms. The number of nitrogens with zero attached hydrogens (tertiary/aromatic N) is 4. The van der Waals surface area contributed by atoms with E-state index in [9.17, 15) is 13.0 Å². The average molecular weight is 732 g/mol. The van der Waals surface area contributed by atoms with Gasteiger partial charge >= 0.3 is 0 Å². The summed E-state index contributed by atoms with van der Waals surface area (Å²) >= 11 is 0. The molecule has 270 valence electrons. The van der Waals surface area contributed by atoms with E-state index in [0.29, 0.717) is 0 Å². The predicted molar refractivity (Wildman–Crippen MR) is 214 cm³/mol. The molecule has 0 unspecified atom stereocenters. The largest absolute Gasteiger partial charge is 0.744 e. The molecule has 0 amide bonds. The van der Waals surface area contributed by atoms with Crippen LogP contribution >= 0.6 is 0 Å². The van der Waals surface area contributed by atoms with Crippen molar-refractivity contribution in [2.45, 2.75) is 37.8 Å². The molecule has 0 saturated heterocycles. The van der Waals surface area contributed by atoms with E-state index in [1.807, 2.05) is 6.92 Å². The lowest BCUT2D eigenvalue weighted by molar-refractivity contribution is -0.697. The molecule has 7 aromatic rings. The molecule has 2 aromatic heterocycles. The third kappa shape index (κ3) is 8.74. The Balaban J connectivity index is 0.000000353. The minimum Gasteiger partial charge on any atom is -0.744 e. The Kier molecular flexibility index (Phi) is 11.2. The second-order valence-electron chi connectivity index (χ2n) is 13.3. The van der Waals surface area contributed by atoms with Crippen molar-refractivity contribution in [1.29, 1.82) is 0 Å². The van der Waals surface area contributed by atoms with Gasteiger partial charge in [-0.25, -0.2) is 17.6 Å². The first-order valence-corrected chi connectivity index (χ1v) is 19.6. The highest BCUT2D eigenvalue weighted by molar-refractivity contribution is 7.85. The molecule has 3 heterocycles. The third-order valence-electron chi connectivity index (χ3n) is 9.52. The van der Waals surface area contributed by atoms with Crippen molar-refractivity contribution >= 4 is 38.6 Å². The van der Waals surface area contributed by atoms with Gasteiger partial charge in [-0.15, -0.1) is 0 Å². The van der Waals surface area contributed by atoms with E-state index in [2.05, 4.69) is 177 Å². The highest BCUT2D eigenvalue weighted by Crippen LogP contribution is 2.51. The number of para-hydroxylation sites is 5. The lowest BCUT2D eigenvalue weighted by Gasteiger charge is -2.40. The highest BCUT2D eigenvalue weighted by atomic mass is 32.2. The van der Waals surface area contributed by atoms with Crippen LogP contribution in [0.3, 0.4) is 0 Å². The monoisotopic (exact) mass is 731 g/mol. The number of pyridine rings is 2. The van der Waals surface area contributed by atoms with Gasteiger partial charge < -0.3 is 14.4 Å². The summed E-state index contributed by atoms with van der Waals surface area (Å²) in [6, 6.07) is 53.4. The number of aromatic nitrogens is 2. The minimum absolute atomic E-state index is 0.178. The molecule has 0 spiro atoms. The molecule has 8 heteroatoms. The first kappa shape index (κ1) is 36.3. The van der Waals surface area contributed by atoms with Gasteiger partial charge in [0.05, 0.1) is 27.6 Å². The first-order chi connectivity index (χ1) is 26.3. The number of hydrogen-bond donors (Lipinski definition) is 0. The van der Waals surface area contributed by atoms with Gasteiger partial charge in [0.2, 0.25) is 0 Å². The summed E-state index contributed by atoms with van der Waals surface area (Å²) in [5, 5.41) is 0. The molecule has 0 saturated carbocycles. The van der Waals surface area contributed by atoms with Crippen LogP contribution in [0, 0.1) is 6.92 Å². The van der Waals surface area contributed by atoms with Crippen molar-refractivity contribution < 1.29 is 22.1 Å². The molecule has 0 N–H and O–H groups in total. The Bertz CT molecular complexity index is 2340. The lowest BCUT2D eigenvalue weighted by atomic mass is 10.1. The second-order valence-corrected chi connectivity index (χ2v) is 14.7. The van der Waals surface area contributed by atoms with Gasteiger partial charge in [-0.05, 0) is 73.0 Å². The summed E-state index contributed by atoms with van der Waals surface area (Å²) < 4.78 is 35.7. The van der Waals surface area contributed by atoms with Crippen LogP contribution in [0.1, 0.15) is 24.0 Å². The SMILES string of the molecule is Cc1ccc(S(=O)(=O)[O-])cc1.c1ccc(C[n+]2ccc(-c3cc[n+](CCCCN4c5ccccc5N(c5ccccc5)c5ccccc54)cc3)cc2)cc1. The highest BCUT2D eigenvalue weighted by Gasteiger charge is 2.28. The van der Waals surface area contributed by atoms with E-state index < -0.39 is 10.1 Å². The summed E-state index contributed by atoms with van der Waals surface area (Å²) in [4.78, 5) is 4.70. The topological polar surface area (TPSA) is 71.4 Å². The Morgan fingerprint density at radius 2 is 1.02 bits per heavy atom. The summed E-state index contributed by atoms with van der Waals surface area (Å²) in [7, 11) is -4.27. The van der Waals surface area contributed by atoms with E-state index in [0.717, 1.165) is 38.0 Å². The molecule has 0 atom stereocenters. The van der Waals surface area contributed by atoms with Gasteiger partial charge in [-0.2, -0.15) is 0 Å². The molecule has 8 rings (SSSR count). The fourth-order valence-corrected chi connectivity index (χ4v) is 7.21. The van der Waals surface area contributed by atoms with E-state index in [1.54, 1.807) is 12.1 Å². The molecule has 7 nitrogen and oxygen atoms in total. The van der Waals surface area contributed by atoms with Crippen molar-refractivity contribution in [3.8, 4) is 11.1 Å². The van der Waals surface area contributed by atoms with Gasteiger partial charge in [-0.1, -0.05) is 90.5 Å². The fraction of sp³-hybridized carbons (Fsp3) is 0.130. The van der Waals surface area contributed by atoms with Crippen LogP contribution in [0.2, 0.25) is 0 Å². The van der Waals surface area contributed by atoms with Crippen LogP contribution in [0.15, 0.2) is 187 Å². The third-order valence-corrected chi connectivity index (χ3v) is 10.4. The maximum absolute atomic E-state index is 10.4. The standard InChI is InChI=1S/C39H36N4.C7H8O3S/c1-3-13-32(14-4-1)31-41-29-23-34(24-30-41)33-21-27-40(28-22-33)25-11-12-26-42-36-17-7-9-19-38(36)43(35-15-5-2-6-16-35)39-20-10-8-18-37(39)42;1-6-2-4-7(5-3-6)11(8,9)10/h1-10,13-24,27-30H,11-12,25-26,31H2;2-5H,1H3,(H,8,9,10)/q+2;/p-1. The summed E-state index contributed by atoms with van der Waals surface area (Å²) in [5.41, 5.74) is 10.9. The van der Waals surface area contributed by atoms with E-state index in [1.165, 1.54) is 57.3 Å². The zero-order chi connectivity index (χ0) is 37.3. The number of unbranched alkanes of at least 4 members (excludes halogenated alkanes) is 1. The number of benzene rings is 5. The zero-order valence-corrected chi connectivity index (χ0v) is 31.1. The Morgan fingerprint density at radius 1 is 0.537 bits per heavy atom. The molecule has 1 aliphatic heterocycles. The minimum atomic E-state index is -4.27. The van der Waals surface area contributed by atoms with Gasteiger partial charge in [-0.3, -0.25) is 0 Å². The quantitative estimate of drug-likeness (QED) is 0.0797. The molecular weight excluding hydrogens is 689 g/mol. The Hall–Kier alpha value is -6.09. The molecule has 0 fully saturated rings. The van der Waals surface area contributed by atoms with E-state index in [4.69, 9.17) is 0 Å². The van der Waals surface area contributed by atoms with E-state index >= 15 is 0 Å². The molecule has 1 aliphatic rings. The number of rotatable bonds is 10. The van der Waals surface area contributed by atoms with Crippen LogP contribution in [0.25, 0.3) is 11.1 Å². The first-order valence-electron chi connectivity index (χ1n) is 18.2. The van der Waals surface area contributed by atoms with Gasteiger partial charge in [0, 0.05) is 48.5 Å². The smallest absolute Gasteiger partial charge is 0.173 e. The van der Waals surface area contributed by atoms with Crippen molar-refractivity contribution in [2.24, 2.45) is 0 Å². The molecule has 5 aromatic carbocycles. The van der Waals surface area contributed by atoms with Crippen LogP contribution in [0.5, 0.6) is 0 Å². The molecule has 0 aliphatic carbocycles. The van der Waals surface area contributed by atoms with Gasteiger partial charge in [0.15, 0.2) is 31.3 Å². The zero-order valence-electron chi connectivity index (χ0n) is 30.3. The average Bonchev–Trinajstić information content (AvgIpc) is 3.20. The maximum Gasteiger partial charge on any atom is 0.173 e. The maximum atomic E-state index is 10.4. The molecule has 0 radical (unpaired) electrons. The van der Waals surface area contributed by atoms with Crippen LogP contribution in [-0.4, -0.2) is 19.5 Å². The summed E-state index contributed by atoms with van der Waals surface area (Å²) in [6.45, 7) is 4.68. The lowest BCUT2D eigenvalue weighted by Crippen LogP contribution is -2.33. The van der Waals surface area contributed by atoms with Crippen LogP contribution in [0.4, 0.5) is 28.4 Å². The van der Waals surface area contributed by atoms with Crippen molar-refractivity contribution in [2.75, 3.05) is 16.3 Å². The van der Waals surface area contributed by atoms with Crippen LogP contribution < -0.4 is 18.9 Å².